The Morgan fingerprint density at radius 1 is 0.246 bits per heavy atom. The van der Waals surface area contributed by atoms with E-state index in [1.807, 2.05) is 0 Å². The van der Waals surface area contributed by atoms with Crippen molar-refractivity contribution in [3.63, 3.8) is 0 Å². The van der Waals surface area contributed by atoms with E-state index in [9.17, 15) is 0 Å². The van der Waals surface area contributed by atoms with Gasteiger partial charge in [0.1, 0.15) is 0 Å². The van der Waals surface area contributed by atoms with Gasteiger partial charge in [0.2, 0.25) is 0 Å². The molecule has 4 rings (SSSR count). The summed E-state index contributed by atoms with van der Waals surface area (Å²) < 4.78 is 40.2. The molecule has 65 heavy (non-hydrogen) atoms. The minimum Gasteiger partial charge on any atom is -0.490 e. The predicted octanol–water partition coefficient (Wildman–Crippen LogP) is 18.8. The lowest BCUT2D eigenvalue weighted by atomic mass is 9.93. The Morgan fingerprint density at radius 2 is 0.415 bits per heavy atom. The third-order valence-electron chi connectivity index (χ3n) is 12.7. The number of fused-ring (bicyclic) bond motifs is 6. The fourth-order valence-corrected chi connectivity index (χ4v) is 9.08. The van der Waals surface area contributed by atoms with Gasteiger partial charge >= 0.3 is 0 Å². The lowest BCUT2D eigenvalue weighted by Gasteiger charge is -2.21. The number of halogens is 1. The molecular formula is C58H91BrO6. The van der Waals surface area contributed by atoms with Crippen molar-refractivity contribution in [2.75, 3.05) is 45.0 Å². The van der Waals surface area contributed by atoms with Crippen molar-refractivity contribution in [1.29, 1.82) is 0 Å². The van der Waals surface area contributed by atoms with Crippen molar-refractivity contribution >= 4 is 48.2 Å². The predicted molar refractivity (Wildman–Crippen MR) is 283 cm³/mol. The highest BCUT2D eigenvalue weighted by atomic mass is 79.9. The molecule has 0 spiro atoms. The van der Waals surface area contributed by atoms with Gasteiger partial charge in [0.05, 0.1) is 39.6 Å². The number of unbranched alkanes of at least 4 members (excludes halogenated alkanes) is 22. The van der Waals surface area contributed by atoms with Gasteiger partial charge in [-0.2, -0.15) is 0 Å². The van der Waals surface area contributed by atoms with Gasteiger partial charge in [-0.1, -0.05) is 185 Å². The molecule has 0 radical (unpaired) electrons. The van der Waals surface area contributed by atoms with Crippen LogP contribution in [0.1, 0.15) is 214 Å². The molecule has 0 heterocycles. The summed E-state index contributed by atoms with van der Waals surface area (Å²) >= 11 is 3.57. The first-order valence-electron chi connectivity index (χ1n) is 27.0. The van der Waals surface area contributed by atoms with Crippen molar-refractivity contribution in [3.8, 4) is 34.5 Å². The van der Waals surface area contributed by atoms with Crippen molar-refractivity contribution in [3.05, 3.63) is 36.4 Å². The van der Waals surface area contributed by atoms with E-state index in [2.05, 4.69) is 86.9 Å². The second kappa shape index (κ2) is 34.3. The number of hydrogen-bond acceptors (Lipinski definition) is 6. The standard InChI is InChI=1S/C58H91BrO6/c1-6-11-16-28-35-60-53-41-47-48-42-54(61-36-29-17-12-7-2)56(63-38-31-19-14-9-4)44-50(48)52-46-58(65-40-33-26-24-22-21-23-25-27-34-59)57(64-39-32-20-15-10-5)45-51(52)49(47)43-55(53)62-37-30-18-13-8-3/h41-46H,6-40H2,1-5H3. The van der Waals surface area contributed by atoms with Crippen LogP contribution < -0.4 is 28.4 Å². The van der Waals surface area contributed by atoms with Crippen LogP contribution in [0.15, 0.2) is 36.4 Å². The molecule has 0 bridgehead atoms. The number of benzene rings is 4. The zero-order chi connectivity index (χ0) is 46.2. The minimum atomic E-state index is 0.666. The van der Waals surface area contributed by atoms with Crippen LogP contribution in [0, 0.1) is 0 Å². The Labute approximate surface area is 405 Å². The maximum atomic E-state index is 6.76. The molecule has 366 valence electrons. The molecule has 0 aromatic heterocycles. The van der Waals surface area contributed by atoms with Crippen LogP contribution in [0.25, 0.3) is 32.3 Å². The topological polar surface area (TPSA) is 55.4 Å². The normalized spacial score (nSPS) is 11.5. The monoisotopic (exact) mass is 963 g/mol. The van der Waals surface area contributed by atoms with Crippen LogP contribution >= 0.6 is 15.9 Å². The zero-order valence-corrected chi connectivity index (χ0v) is 43.6. The van der Waals surface area contributed by atoms with E-state index in [1.54, 1.807) is 0 Å². The molecule has 0 unspecified atom stereocenters. The number of hydrogen-bond donors (Lipinski definition) is 0. The van der Waals surface area contributed by atoms with Gasteiger partial charge in [-0.3, -0.25) is 0 Å². The quantitative estimate of drug-likeness (QED) is 0.0251. The highest BCUT2D eigenvalue weighted by Gasteiger charge is 2.21. The summed E-state index contributed by atoms with van der Waals surface area (Å²) in [6, 6.07) is 13.5. The molecule has 0 amide bonds. The second-order valence-electron chi connectivity index (χ2n) is 18.4. The molecule has 4 aromatic carbocycles. The fraction of sp³-hybridized carbons (Fsp3) is 0.690. The first kappa shape index (κ1) is 54.5. The Bertz CT molecular complexity index is 1810. The maximum absolute atomic E-state index is 6.76. The number of ether oxygens (including phenoxy) is 6. The third-order valence-corrected chi connectivity index (χ3v) is 13.2. The van der Waals surface area contributed by atoms with E-state index in [1.165, 1.54) is 109 Å². The smallest absolute Gasteiger partial charge is 0.161 e. The summed E-state index contributed by atoms with van der Waals surface area (Å²) in [7, 11) is 0. The third kappa shape index (κ3) is 19.6. The fourth-order valence-electron chi connectivity index (χ4n) is 8.69. The molecule has 0 aliphatic heterocycles. The second-order valence-corrected chi connectivity index (χ2v) is 19.2. The highest BCUT2D eigenvalue weighted by Crippen LogP contribution is 2.47. The molecule has 0 N–H and O–H groups in total. The van der Waals surface area contributed by atoms with E-state index in [0.29, 0.717) is 39.6 Å². The van der Waals surface area contributed by atoms with Crippen LogP contribution in [0.3, 0.4) is 0 Å². The Balaban J connectivity index is 1.87. The summed E-state index contributed by atoms with van der Waals surface area (Å²) in [5.41, 5.74) is 0. The molecule has 0 aliphatic carbocycles. The highest BCUT2D eigenvalue weighted by molar-refractivity contribution is 9.09. The van der Waals surface area contributed by atoms with E-state index in [4.69, 9.17) is 28.4 Å². The molecule has 0 saturated heterocycles. The summed E-state index contributed by atoms with van der Waals surface area (Å²) in [6.45, 7) is 15.3. The van der Waals surface area contributed by atoms with Crippen molar-refractivity contribution in [2.45, 2.75) is 214 Å². The van der Waals surface area contributed by atoms with E-state index in [0.717, 1.165) is 143 Å². The van der Waals surface area contributed by atoms with Crippen LogP contribution in [0.5, 0.6) is 34.5 Å². The minimum absolute atomic E-state index is 0.666. The Morgan fingerprint density at radius 3 is 0.600 bits per heavy atom. The average molecular weight is 964 g/mol. The number of rotatable bonds is 41. The summed E-state index contributed by atoms with van der Waals surface area (Å²) in [5.74, 6) is 4.90. The maximum Gasteiger partial charge on any atom is 0.161 e. The molecule has 4 aromatic rings. The largest absolute Gasteiger partial charge is 0.490 e. The van der Waals surface area contributed by atoms with Gasteiger partial charge in [0, 0.05) is 5.33 Å². The van der Waals surface area contributed by atoms with Crippen LogP contribution in [0.4, 0.5) is 0 Å². The lowest BCUT2D eigenvalue weighted by Crippen LogP contribution is -2.05. The van der Waals surface area contributed by atoms with Crippen LogP contribution in [-0.2, 0) is 0 Å². The summed E-state index contributed by atoms with van der Waals surface area (Å²) in [6.07, 6.45) is 33.0. The van der Waals surface area contributed by atoms with E-state index >= 15 is 0 Å². The zero-order valence-electron chi connectivity index (χ0n) is 42.0. The molecule has 0 saturated carbocycles. The first-order chi connectivity index (χ1) is 32.1. The van der Waals surface area contributed by atoms with Crippen molar-refractivity contribution in [1.82, 2.24) is 0 Å². The van der Waals surface area contributed by atoms with Crippen molar-refractivity contribution < 1.29 is 28.4 Å². The number of alkyl halides is 1. The molecule has 0 atom stereocenters. The molecule has 7 heteroatoms. The van der Waals surface area contributed by atoms with Crippen LogP contribution in [-0.4, -0.2) is 45.0 Å². The van der Waals surface area contributed by atoms with Gasteiger partial charge in [0.25, 0.3) is 0 Å². The van der Waals surface area contributed by atoms with E-state index in [-0.39, 0.29) is 0 Å². The average Bonchev–Trinajstić information content (AvgIpc) is 3.32. The first-order valence-corrected chi connectivity index (χ1v) is 28.1. The molecule has 6 nitrogen and oxygen atoms in total. The van der Waals surface area contributed by atoms with E-state index < -0.39 is 0 Å². The van der Waals surface area contributed by atoms with Gasteiger partial charge in [-0.15, -0.1) is 0 Å². The van der Waals surface area contributed by atoms with Gasteiger partial charge < -0.3 is 28.4 Å². The van der Waals surface area contributed by atoms with Gasteiger partial charge in [-0.25, -0.2) is 0 Å². The van der Waals surface area contributed by atoms with Crippen LogP contribution in [0.2, 0.25) is 0 Å². The van der Waals surface area contributed by atoms with Crippen molar-refractivity contribution in [2.24, 2.45) is 0 Å². The Kier molecular flexibility index (Phi) is 28.8. The van der Waals surface area contributed by atoms with Gasteiger partial charge in [-0.05, 0) is 114 Å². The summed E-state index contributed by atoms with van der Waals surface area (Å²) in [5, 5.41) is 7.84. The lowest BCUT2D eigenvalue weighted by molar-refractivity contribution is 0.259. The molecule has 0 fully saturated rings. The molecular weight excluding hydrogens is 873 g/mol. The van der Waals surface area contributed by atoms with Gasteiger partial charge in [0.15, 0.2) is 34.5 Å². The SMILES string of the molecule is CCCCCCOc1cc2c3cc(OCCCCCC)c(OCCCCCC)cc3c3cc(OCCCCCCCCCCBr)c(OCCCCCC)cc3c2cc1OCCCCCC. The summed E-state index contributed by atoms with van der Waals surface area (Å²) in [4.78, 5) is 0. The molecule has 0 aliphatic rings. The Hall–Kier alpha value is -3.06.